The molecule has 0 aliphatic carbocycles. The molecule has 0 fully saturated rings. The van der Waals surface area contributed by atoms with Crippen LogP contribution >= 0.6 is 0 Å². The molecular formula is C16H19N5O. The Balaban J connectivity index is 2.25. The lowest BCUT2D eigenvalue weighted by atomic mass is 10.1. The third-order valence-corrected chi connectivity index (χ3v) is 3.50. The SMILES string of the molecule is Cc1nc(C(C=N)=NCC(C)c2ccccn2)[nH]c(=O)c1C. The average molecular weight is 297 g/mol. The topological polar surface area (TPSA) is 94.8 Å². The van der Waals surface area contributed by atoms with E-state index in [0.717, 1.165) is 11.9 Å². The Hall–Kier alpha value is -2.63. The van der Waals surface area contributed by atoms with Gasteiger partial charge in [0.25, 0.3) is 5.56 Å². The molecule has 0 bridgehead atoms. The third-order valence-electron chi connectivity index (χ3n) is 3.50. The van der Waals surface area contributed by atoms with Crippen molar-refractivity contribution in [2.45, 2.75) is 26.7 Å². The summed E-state index contributed by atoms with van der Waals surface area (Å²) >= 11 is 0. The second-order valence-corrected chi connectivity index (χ2v) is 5.15. The fourth-order valence-electron chi connectivity index (χ4n) is 1.95. The number of nitrogens with one attached hydrogen (secondary N) is 2. The Morgan fingerprint density at radius 3 is 2.82 bits per heavy atom. The van der Waals surface area contributed by atoms with Crippen molar-refractivity contribution in [3.05, 3.63) is 57.5 Å². The first-order valence-corrected chi connectivity index (χ1v) is 7.06. The summed E-state index contributed by atoms with van der Waals surface area (Å²) in [7, 11) is 0. The van der Waals surface area contributed by atoms with Crippen LogP contribution in [0.15, 0.2) is 34.2 Å². The minimum Gasteiger partial charge on any atom is -0.306 e. The van der Waals surface area contributed by atoms with Gasteiger partial charge in [-0.25, -0.2) is 4.98 Å². The second kappa shape index (κ2) is 6.89. The molecular weight excluding hydrogens is 278 g/mol. The Morgan fingerprint density at radius 2 is 2.23 bits per heavy atom. The molecule has 0 saturated carbocycles. The Morgan fingerprint density at radius 1 is 1.45 bits per heavy atom. The number of rotatable bonds is 5. The van der Waals surface area contributed by atoms with Gasteiger partial charge >= 0.3 is 0 Å². The van der Waals surface area contributed by atoms with Crippen molar-refractivity contribution >= 4 is 11.9 Å². The molecule has 2 N–H and O–H groups in total. The Bertz CT molecular complexity index is 749. The number of aliphatic imine (C=N–C) groups is 1. The summed E-state index contributed by atoms with van der Waals surface area (Å²) < 4.78 is 0. The third kappa shape index (κ3) is 3.52. The van der Waals surface area contributed by atoms with Crippen LogP contribution in [0.2, 0.25) is 0 Å². The number of hydrogen-bond donors (Lipinski definition) is 2. The highest BCUT2D eigenvalue weighted by molar-refractivity contribution is 6.36. The molecule has 2 aromatic rings. The number of aryl methyl sites for hydroxylation is 1. The normalized spacial score (nSPS) is 13.0. The molecule has 0 aliphatic rings. The number of aromatic nitrogens is 3. The van der Waals surface area contributed by atoms with Gasteiger partial charge in [-0.3, -0.25) is 14.8 Å². The number of hydrogen-bond acceptors (Lipinski definition) is 5. The monoisotopic (exact) mass is 297 g/mol. The molecule has 2 rings (SSSR count). The van der Waals surface area contributed by atoms with E-state index in [1.54, 1.807) is 20.0 Å². The van der Waals surface area contributed by atoms with Gasteiger partial charge in [0.1, 0.15) is 5.71 Å². The van der Waals surface area contributed by atoms with Crippen LogP contribution in [0, 0.1) is 19.3 Å². The van der Waals surface area contributed by atoms with E-state index in [0.29, 0.717) is 29.3 Å². The summed E-state index contributed by atoms with van der Waals surface area (Å²) in [5, 5.41) is 7.51. The summed E-state index contributed by atoms with van der Waals surface area (Å²) in [5.41, 5.74) is 2.33. The number of aromatic amines is 1. The van der Waals surface area contributed by atoms with Gasteiger partial charge in [0.15, 0.2) is 5.82 Å². The lowest BCUT2D eigenvalue weighted by Gasteiger charge is -2.09. The van der Waals surface area contributed by atoms with Crippen LogP contribution in [0.5, 0.6) is 0 Å². The molecule has 22 heavy (non-hydrogen) atoms. The zero-order valence-electron chi connectivity index (χ0n) is 12.9. The van der Waals surface area contributed by atoms with Crippen molar-refractivity contribution < 1.29 is 0 Å². The van der Waals surface area contributed by atoms with Crippen molar-refractivity contribution in [2.75, 3.05) is 6.54 Å². The summed E-state index contributed by atoms with van der Waals surface area (Å²) in [6, 6.07) is 5.75. The van der Waals surface area contributed by atoms with Gasteiger partial charge in [0.05, 0.1) is 0 Å². The van der Waals surface area contributed by atoms with Crippen LogP contribution in [0.25, 0.3) is 0 Å². The van der Waals surface area contributed by atoms with Gasteiger partial charge in [-0.15, -0.1) is 0 Å². The smallest absolute Gasteiger partial charge is 0.254 e. The van der Waals surface area contributed by atoms with Gasteiger partial charge in [0, 0.05) is 41.8 Å². The molecule has 6 nitrogen and oxygen atoms in total. The van der Waals surface area contributed by atoms with E-state index in [-0.39, 0.29) is 11.5 Å². The van der Waals surface area contributed by atoms with Crippen LogP contribution in [0.1, 0.15) is 35.6 Å². The molecule has 0 aromatic carbocycles. The maximum Gasteiger partial charge on any atom is 0.254 e. The van der Waals surface area contributed by atoms with Gasteiger partial charge in [-0.1, -0.05) is 13.0 Å². The van der Waals surface area contributed by atoms with E-state index >= 15 is 0 Å². The highest BCUT2D eigenvalue weighted by atomic mass is 16.1. The lowest BCUT2D eigenvalue weighted by molar-refractivity contribution is 0.747. The van der Waals surface area contributed by atoms with Gasteiger partial charge < -0.3 is 10.4 Å². The fraction of sp³-hybridized carbons (Fsp3) is 0.312. The number of nitrogens with zero attached hydrogens (tertiary/aromatic N) is 3. The van der Waals surface area contributed by atoms with E-state index in [1.165, 1.54) is 0 Å². The van der Waals surface area contributed by atoms with E-state index < -0.39 is 0 Å². The molecule has 0 radical (unpaired) electrons. The van der Waals surface area contributed by atoms with E-state index in [2.05, 4.69) is 19.9 Å². The van der Waals surface area contributed by atoms with E-state index in [9.17, 15) is 4.79 Å². The molecule has 2 aromatic heterocycles. The van der Waals surface area contributed by atoms with Crippen LogP contribution in [-0.2, 0) is 0 Å². The zero-order valence-corrected chi connectivity index (χ0v) is 12.9. The minimum atomic E-state index is -0.199. The van der Waals surface area contributed by atoms with E-state index in [4.69, 9.17) is 5.41 Å². The maximum atomic E-state index is 11.8. The van der Waals surface area contributed by atoms with Gasteiger partial charge in [0.2, 0.25) is 0 Å². The minimum absolute atomic E-state index is 0.120. The Kier molecular flexibility index (Phi) is 4.93. The highest BCUT2D eigenvalue weighted by Gasteiger charge is 2.10. The first-order valence-electron chi connectivity index (χ1n) is 7.06. The Labute approximate surface area is 128 Å². The zero-order chi connectivity index (χ0) is 16.1. The number of pyridine rings is 1. The second-order valence-electron chi connectivity index (χ2n) is 5.15. The average Bonchev–Trinajstić information content (AvgIpc) is 2.53. The molecule has 0 amide bonds. The molecule has 114 valence electrons. The van der Waals surface area contributed by atoms with Crippen molar-refractivity contribution in [3.8, 4) is 0 Å². The summed E-state index contributed by atoms with van der Waals surface area (Å²) in [6.45, 7) is 5.98. The van der Waals surface area contributed by atoms with Crippen LogP contribution in [0.3, 0.4) is 0 Å². The molecule has 1 atom stereocenters. The van der Waals surface area contributed by atoms with Crippen molar-refractivity contribution in [1.29, 1.82) is 5.41 Å². The number of H-pyrrole nitrogens is 1. The summed E-state index contributed by atoms with van der Waals surface area (Å²) in [6.07, 6.45) is 2.85. The standard InChI is InChI=1S/C16H19N5O/c1-10(13-6-4-5-7-18-13)9-19-14(8-17)15-20-12(3)11(2)16(22)21-15/h4-8,10,17H,9H2,1-3H3,(H,20,21,22). The molecule has 6 heteroatoms. The first-order chi connectivity index (χ1) is 10.5. The summed E-state index contributed by atoms with van der Waals surface area (Å²) in [5.74, 6) is 0.450. The molecule has 0 spiro atoms. The first kappa shape index (κ1) is 15.8. The van der Waals surface area contributed by atoms with Crippen molar-refractivity contribution in [1.82, 2.24) is 15.0 Å². The summed E-state index contributed by atoms with van der Waals surface area (Å²) in [4.78, 5) is 27.5. The predicted octanol–water partition coefficient (Wildman–Crippen LogP) is 2.02. The van der Waals surface area contributed by atoms with Crippen molar-refractivity contribution in [3.63, 3.8) is 0 Å². The van der Waals surface area contributed by atoms with Gasteiger partial charge in [-0.2, -0.15) is 0 Å². The van der Waals surface area contributed by atoms with E-state index in [1.807, 2.05) is 25.1 Å². The largest absolute Gasteiger partial charge is 0.306 e. The van der Waals surface area contributed by atoms with Crippen molar-refractivity contribution in [2.24, 2.45) is 4.99 Å². The predicted molar refractivity (Wildman–Crippen MR) is 87.2 cm³/mol. The van der Waals surface area contributed by atoms with Crippen LogP contribution in [-0.4, -0.2) is 33.4 Å². The molecule has 1 unspecified atom stereocenters. The van der Waals surface area contributed by atoms with Gasteiger partial charge in [-0.05, 0) is 26.0 Å². The molecule has 0 aliphatic heterocycles. The fourth-order valence-corrected chi connectivity index (χ4v) is 1.95. The van der Waals surface area contributed by atoms with Crippen LogP contribution in [0.4, 0.5) is 0 Å². The maximum absolute atomic E-state index is 11.8. The van der Waals surface area contributed by atoms with Crippen LogP contribution < -0.4 is 5.56 Å². The molecule has 0 saturated heterocycles. The lowest BCUT2D eigenvalue weighted by Crippen LogP contribution is -2.21. The quantitative estimate of drug-likeness (QED) is 0.826. The molecule has 2 heterocycles. The highest BCUT2D eigenvalue weighted by Crippen LogP contribution is 2.12.